The molecular formula is C13H12FNO2S. The maximum atomic E-state index is 13.5. The van der Waals surface area contributed by atoms with Crippen LogP contribution in [-0.4, -0.2) is 11.1 Å². The van der Waals surface area contributed by atoms with Gasteiger partial charge in [-0.05, 0) is 31.2 Å². The Balaban J connectivity index is 2.28. The summed E-state index contributed by atoms with van der Waals surface area (Å²) in [5, 5.41) is 11.9. The number of carboxylic acid groups (broad SMARTS) is 1. The van der Waals surface area contributed by atoms with Crippen molar-refractivity contribution in [3.8, 4) is 0 Å². The molecule has 1 aromatic carbocycles. The highest BCUT2D eigenvalue weighted by atomic mass is 32.1. The highest BCUT2D eigenvalue weighted by Gasteiger charge is 2.22. The Morgan fingerprint density at radius 1 is 1.33 bits per heavy atom. The van der Waals surface area contributed by atoms with E-state index in [0.29, 0.717) is 4.88 Å². The monoisotopic (exact) mass is 265 g/mol. The molecule has 1 heterocycles. The second kappa shape index (κ2) is 5.18. The predicted molar refractivity (Wildman–Crippen MR) is 69.5 cm³/mol. The normalized spacial score (nSPS) is 12.1. The Kier molecular flexibility index (Phi) is 3.62. The molecule has 3 nitrogen and oxygen atoms in total. The molecule has 0 saturated heterocycles. The van der Waals surface area contributed by atoms with E-state index in [2.05, 4.69) is 5.32 Å². The molecule has 0 bridgehead atoms. The van der Waals surface area contributed by atoms with Gasteiger partial charge in [0.25, 0.3) is 0 Å². The Morgan fingerprint density at radius 3 is 2.61 bits per heavy atom. The fourth-order valence-corrected chi connectivity index (χ4v) is 2.52. The average molecular weight is 265 g/mol. The van der Waals surface area contributed by atoms with Gasteiger partial charge < -0.3 is 10.4 Å². The summed E-state index contributed by atoms with van der Waals surface area (Å²) in [4.78, 5) is 12.9. The van der Waals surface area contributed by atoms with Crippen molar-refractivity contribution in [3.05, 3.63) is 52.0 Å². The third-order valence-electron chi connectivity index (χ3n) is 2.47. The van der Waals surface area contributed by atoms with Gasteiger partial charge in [-0.15, -0.1) is 11.3 Å². The molecule has 5 heteroatoms. The summed E-state index contributed by atoms with van der Waals surface area (Å²) in [6.07, 6.45) is 0. The summed E-state index contributed by atoms with van der Waals surface area (Å²) in [7, 11) is 0. The minimum absolute atomic E-state index is 0.191. The lowest BCUT2D eigenvalue weighted by molar-refractivity contribution is -0.138. The molecule has 2 rings (SSSR count). The van der Waals surface area contributed by atoms with Gasteiger partial charge in [-0.25, -0.2) is 9.18 Å². The van der Waals surface area contributed by atoms with Crippen molar-refractivity contribution < 1.29 is 14.3 Å². The molecule has 0 aliphatic carbocycles. The first kappa shape index (κ1) is 12.6. The van der Waals surface area contributed by atoms with Crippen LogP contribution in [0, 0.1) is 12.7 Å². The van der Waals surface area contributed by atoms with Crippen molar-refractivity contribution in [3.63, 3.8) is 0 Å². The highest BCUT2D eigenvalue weighted by molar-refractivity contribution is 7.12. The summed E-state index contributed by atoms with van der Waals surface area (Å²) in [6, 6.07) is 8.69. The highest BCUT2D eigenvalue weighted by Crippen LogP contribution is 2.27. The maximum Gasteiger partial charge on any atom is 0.331 e. The molecule has 0 spiro atoms. The number of nitrogens with one attached hydrogen (secondary N) is 1. The minimum Gasteiger partial charge on any atom is -0.479 e. The van der Waals surface area contributed by atoms with Crippen LogP contribution in [-0.2, 0) is 4.79 Å². The van der Waals surface area contributed by atoms with Crippen molar-refractivity contribution in [1.29, 1.82) is 0 Å². The van der Waals surface area contributed by atoms with Crippen LogP contribution in [0.3, 0.4) is 0 Å². The molecule has 0 aliphatic rings. The second-order valence-electron chi connectivity index (χ2n) is 3.84. The lowest BCUT2D eigenvalue weighted by atomic mass is 10.2. The van der Waals surface area contributed by atoms with Gasteiger partial charge in [0.05, 0.1) is 5.69 Å². The van der Waals surface area contributed by atoms with E-state index in [1.807, 2.05) is 13.0 Å². The van der Waals surface area contributed by atoms with E-state index in [9.17, 15) is 14.3 Å². The van der Waals surface area contributed by atoms with Crippen LogP contribution in [0.15, 0.2) is 36.4 Å². The number of hydrogen-bond donors (Lipinski definition) is 2. The van der Waals surface area contributed by atoms with Gasteiger partial charge in [0.2, 0.25) is 0 Å². The SMILES string of the molecule is Cc1ccc(C(Nc2ccccc2F)C(=O)O)s1. The van der Waals surface area contributed by atoms with Gasteiger partial charge in [-0.2, -0.15) is 0 Å². The van der Waals surface area contributed by atoms with Gasteiger partial charge in [0.1, 0.15) is 5.82 Å². The number of aliphatic carboxylic acids is 1. The van der Waals surface area contributed by atoms with Crippen LogP contribution in [0.1, 0.15) is 15.8 Å². The quantitative estimate of drug-likeness (QED) is 0.890. The van der Waals surface area contributed by atoms with Crippen molar-refractivity contribution in [2.75, 3.05) is 5.32 Å². The zero-order valence-corrected chi connectivity index (χ0v) is 10.5. The summed E-state index contributed by atoms with van der Waals surface area (Å²) in [5.41, 5.74) is 0.191. The lowest BCUT2D eigenvalue weighted by Crippen LogP contribution is -2.19. The molecule has 0 amide bonds. The van der Waals surface area contributed by atoms with E-state index in [4.69, 9.17) is 0 Å². The number of carboxylic acids is 1. The van der Waals surface area contributed by atoms with E-state index >= 15 is 0 Å². The molecule has 2 N–H and O–H groups in total. The van der Waals surface area contributed by atoms with Crippen LogP contribution >= 0.6 is 11.3 Å². The van der Waals surface area contributed by atoms with Crippen molar-refractivity contribution in [1.82, 2.24) is 0 Å². The largest absolute Gasteiger partial charge is 0.479 e. The molecule has 1 unspecified atom stereocenters. The number of anilines is 1. The summed E-state index contributed by atoms with van der Waals surface area (Å²) < 4.78 is 13.5. The van der Waals surface area contributed by atoms with Crippen LogP contribution in [0.4, 0.5) is 10.1 Å². The Morgan fingerprint density at radius 2 is 2.06 bits per heavy atom. The van der Waals surface area contributed by atoms with E-state index in [0.717, 1.165) is 4.88 Å². The molecule has 0 aliphatic heterocycles. The van der Waals surface area contributed by atoms with Gasteiger partial charge in [-0.3, -0.25) is 0 Å². The summed E-state index contributed by atoms with van der Waals surface area (Å²) in [6.45, 7) is 1.90. The van der Waals surface area contributed by atoms with E-state index in [1.54, 1.807) is 18.2 Å². The summed E-state index contributed by atoms with van der Waals surface area (Å²) >= 11 is 1.38. The van der Waals surface area contributed by atoms with Crippen molar-refractivity contribution >= 4 is 23.0 Å². The smallest absolute Gasteiger partial charge is 0.331 e. The van der Waals surface area contributed by atoms with Crippen LogP contribution < -0.4 is 5.32 Å². The standard InChI is InChI=1S/C13H12FNO2S/c1-8-6-7-11(18-8)12(13(16)17)15-10-5-3-2-4-9(10)14/h2-7,12,15H,1H3,(H,16,17). The maximum absolute atomic E-state index is 13.5. The van der Waals surface area contributed by atoms with Gasteiger partial charge >= 0.3 is 5.97 Å². The zero-order chi connectivity index (χ0) is 13.1. The first-order valence-electron chi connectivity index (χ1n) is 5.38. The number of halogens is 1. The number of thiophene rings is 1. The number of aryl methyl sites for hydroxylation is 1. The molecule has 0 saturated carbocycles. The fraction of sp³-hybridized carbons (Fsp3) is 0.154. The number of carbonyl (C=O) groups is 1. The average Bonchev–Trinajstić information content (AvgIpc) is 2.74. The molecule has 18 heavy (non-hydrogen) atoms. The number of rotatable bonds is 4. The Labute approximate surface area is 108 Å². The topological polar surface area (TPSA) is 49.3 Å². The van der Waals surface area contributed by atoms with Gasteiger partial charge in [0.15, 0.2) is 6.04 Å². The molecule has 94 valence electrons. The molecule has 1 aromatic heterocycles. The molecule has 1 atom stereocenters. The van der Waals surface area contributed by atoms with E-state index in [1.165, 1.54) is 23.5 Å². The lowest BCUT2D eigenvalue weighted by Gasteiger charge is -2.14. The minimum atomic E-state index is -1.03. The van der Waals surface area contributed by atoms with Crippen molar-refractivity contribution in [2.45, 2.75) is 13.0 Å². The van der Waals surface area contributed by atoms with Crippen molar-refractivity contribution in [2.24, 2.45) is 0 Å². The molecule has 2 aromatic rings. The number of hydrogen-bond acceptors (Lipinski definition) is 3. The Hall–Kier alpha value is -1.88. The van der Waals surface area contributed by atoms with E-state index < -0.39 is 17.8 Å². The number of benzene rings is 1. The van der Waals surface area contributed by atoms with Crippen LogP contribution in [0.5, 0.6) is 0 Å². The van der Waals surface area contributed by atoms with Gasteiger partial charge in [0, 0.05) is 9.75 Å². The first-order valence-corrected chi connectivity index (χ1v) is 6.20. The fourth-order valence-electron chi connectivity index (χ4n) is 1.60. The van der Waals surface area contributed by atoms with Gasteiger partial charge in [-0.1, -0.05) is 12.1 Å². The third kappa shape index (κ3) is 2.68. The molecule has 0 radical (unpaired) electrons. The molecule has 0 fully saturated rings. The third-order valence-corrected chi connectivity index (χ3v) is 3.53. The predicted octanol–water partition coefficient (Wildman–Crippen LogP) is 3.43. The van der Waals surface area contributed by atoms with Crippen LogP contribution in [0.2, 0.25) is 0 Å². The van der Waals surface area contributed by atoms with E-state index in [-0.39, 0.29) is 5.69 Å². The van der Waals surface area contributed by atoms with Crippen LogP contribution in [0.25, 0.3) is 0 Å². The zero-order valence-electron chi connectivity index (χ0n) is 9.68. The second-order valence-corrected chi connectivity index (χ2v) is 5.16. The first-order chi connectivity index (χ1) is 8.58. The summed E-state index contributed by atoms with van der Waals surface area (Å²) in [5.74, 6) is -1.49. The number of para-hydroxylation sites is 1. The molecular weight excluding hydrogens is 253 g/mol. The Bertz CT molecular complexity index is 568.